The van der Waals surface area contributed by atoms with Gasteiger partial charge in [-0.05, 0) is 12.8 Å². The fourth-order valence-corrected chi connectivity index (χ4v) is 7.70. The number of carbonyl (C=O) groups excluding carboxylic acids is 1. The van der Waals surface area contributed by atoms with Crippen LogP contribution < -0.4 is 5.32 Å². The van der Waals surface area contributed by atoms with Crippen molar-refractivity contribution in [1.29, 1.82) is 0 Å². The standard InChI is InChI=1S/C44H90NO6P/c1-3-5-7-9-11-13-15-16-17-18-19-20-21-22-23-24-25-26-27-28-29-30-32-34-36-38-40-44(47)45-42(41-51-52(48,49)50)43(46)39-37-35-33-31-14-12-10-8-6-4-2/h42-43,46H,3-41H2,1-2H3,(H,45,47)(H2,48,49,50)/t42-,43+/m0/s1. The Morgan fingerprint density at radius 3 is 1.04 bits per heavy atom. The van der Waals surface area contributed by atoms with Crippen LogP contribution in [0.15, 0.2) is 0 Å². The zero-order chi connectivity index (χ0) is 38.2. The van der Waals surface area contributed by atoms with E-state index in [0.29, 0.717) is 12.8 Å². The summed E-state index contributed by atoms with van der Waals surface area (Å²) in [7, 11) is -4.68. The number of phosphoric ester groups is 1. The van der Waals surface area contributed by atoms with Crippen LogP contribution in [0.25, 0.3) is 0 Å². The fourth-order valence-electron chi connectivity index (χ4n) is 7.35. The molecule has 0 radical (unpaired) electrons. The van der Waals surface area contributed by atoms with Crippen LogP contribution in [0.3, 0.4) is 0 Å². The third-order valence-corrected chi connectivity index (χ3v) is 11.3. The number of rotatable bonds is 43. The fraction of sp³-hybridized carbons (Fsp3) is 0.977. The summed E-state index contributed by atoms with van der Waals surface area (Å²) in [5.74, 6) is -0.189. The van der Waals surface area contributed by atoms with Gasteiger partial charge in [0, 0.05) is 6.42 Å². The van der Waals surface area contributed by atoms with Gasteiger partial charge in [-0.25, -0.2) is 4.57 Å². The van der Waals surface area contributed by atoms with E-state index in [-0.39, 0.29) is 5.91 Å². The predicted molar refractivity (Wildman–Crippen MR) is 223 cm³/mol. The van der Waals surface area contributed by atoms with Crippen molar-refractivity contribution in [3.8, 4) is 0 Å². The Balaban J connectivity index is 3.68. The molecule has 0 aromatic heterocycles. The van der Waals surface area contributed by atoms with Gasteiger partial charge in [0.2, 0.25) is 5.91 Å². The van der Waals surface area contributed by atoms with Crippen molar-refractivity contribution in [2.45, 2.75) is 270 Å². The monoisotopic (exact) mass is 760 g/mol. The molecule has 1 amide bonds. The van der Waals surface area contributed by atoms with Gasteiger partial charge in [0.15, 0.2) is 0 Å². The third kappa shape index (κ3) is 40.7. The second-order valence-corrected chi connectivity index (χ2v) is 17.3. The smallest absolute Gasteiger partial charge is 0.391 e. The Morgan fingerprint density at radius 1 is 0.481 bits per heavy atom. The molecule has 0 aliphatic heterocycles. The zero-order valence-corrected chi connectivity index (χ0v) is 35.6. The molecule has 0 spiro atoms. The van der Waals surface area contributed by atoms with Crippen molar-refractivity contribution in [2.24, 2.45) is 0 Å². The van der Waals surface area contributed by atoms with E-state index in [1.165, 1.54) is 193 Å². The van der Waals surface area contributed by atoms with Crippen molar-refractivity contribution < 1.29 is 28.8 Å². The van der Waals surface area contributed by atoms with Crippen molar-refractivity contribution >= 4 is 13.7 Å². The maximum atomic E-state index is 12.6. The molecule has 0 aromatic rings. The molecular formula is C44H90NO6P. The molecule has 0 aliphatic carbocycles. The topological polar surface area (TPSA) is 116 Å². The number of nitrogens with one attached hydrogen (secondary N) is 1. The lowest BCUT2D eigenvalue weighted by molar-refractivity contribution is -0.123. The summed E-state index contributed by atoms with van der Waals surface area (Å²) >= 11 is 0. The van der Waals surface area contributed by atoms with Gasteiger partial charge in [-0.3, -0.25) is 9.32 Å². The van der Waals surface area contributed by atoms with Gasteiger partial charge in [0.1, 0.15) is 0 Å². The molecule has 4 N–H and O–H groups in total. The maximum Gasteiger partial charge on any atom is 0.469 e. The number of hydrogen-bond donors (Lipinski definition) is 4. The summed E-state index contributed by atoms with van der Waals surface area (Å²) < 4.78 is 15.9. The van der Waals surface area contributed by atoms with E-state index >= 15 is 0 Å². The van der Waals surface area contributed by atoms with Crippen LogP contribution in [0.4, 0.5) is 0 Å². The van der Waals surface area contributed by atoms with E-state index in [0.717, 1.165) is 38.5 Å². The molecule has 0 unspecified atom stereocenters. The molecule has 2 atom stereocenters. The number of carbonyl (C=O) groups is 1. The van der Waals surface area contributed by atoms with Crippen LogP contribution in [0, 0.1) is 0 Å². The van der Waals surface area contributed by atoms with Crippen molar-refractivity contribution in [3.63, 3.8) is 0 Å². The lowest BCUT2D eigenvalue weighted by atomic mass is 10.0. The largest absolute Gasteiger partial charge is 0.469 e. The van der Waals surface area contributed by atoms with E-state index < -0.39 is 26.6 Å². The number of phosphoric acid groups is 1. The molecule has 0 saturated carbocycles. The van der Waals surface area contributed by atoms with Crippen LogP contribution in [0.5, 0.6) is 0 Å². The molecule has 0 rings (SSSR count). The lowest BCUT2D eigenvalue weighted by Gasteiger charge is -2.24. The quantitative estimate of drug-likeness (QED) is 0.0363. The van der Waals surface area contributed by atoms with Gasteiger partial charge in [0.05, 0.1) is 18.8 Å². The van der Waals surface area contributed by atoms with Crippen LogP contribution in [-0.2, 0) is 13.9 Å². The van der Waals surface area contributed by atoms with Crippen molar-refractivity contribution in [3.05, 3.63) is 0 Å². The number of unbranched alkanes of at least 4 members (excludes halogenated alkanes) is 34. The Hall–Kier alpha value is -0.460. The molecule has 0 aliphatic rings. The highest BCUT2D eigenvalue weighted by atomic mass is 31.2. The number of aliphatic hydroxyl groups is 1. The lowest BCUT2D eigenvalue weighted by Crippen LogP contribution is -2.46. The van der Waals surface area contributed by atoms with Gasteiger partial charge in [-0.15, -0.1) is 0 Å². The predicted octanol–water partition coefficient (Wildman–Crippen LogP) is 13.8. The average molecular weight is 760 g/mol. The first-order valence-corrected chi connectivity index (χ1v) is 24.5. The number of aliphatic hydroxyl groups excluding tert-OH is 1. The van der Waals surface area contributed by atoms with Crippen LogP contribution in [0.1, 0.15) is 258 Å². The van der Waals surface area contributed by atoms with E-state index in [4.69, 9.17) is 9.79 Å². The third-order valence-electron chi connectivity index (χ3n) is 10.8. The molecule has 7 nitrogen and oxygen atoms in total. The van der Waals surface area contributed by atoms with Crippen molar-refractivity contribution in [1.82, 2.24) is 5.32 Å². The Kier molecular flexibility index (Phi) is 39.9. The molecule has 52 heavy (non-hydrogen) atoms. The molecule has 8 heteroatoms. The van der Waals surface area contributed by atoms with Crippen molar-refractivity contribution in [2.75, 3.05) is 6.61 Å². The number of amides is 1. The van der Waals surface area contributed by atoms with Crippen LogP contribution in [0.2, 0.25) is 0 Å². The first-order chi connectivity index (χ1) is 25.3. The highest BCUT2D eigenvalue weighted by Crippen LogP contribution is 2.36. The second kappa shape index (κ2) is 40.2. The minimum Gasteiger partial charge on any atom is -0.391 e. The maximum absolute atomic E-state index is 12.6. The minimum absolute atomic E-state index is 0.189. The SMILES string of the molecule is CCCCCCCCCCCCCCCCCCCCCCCCCCCCC(=O)N[C@@H](COP(=O)(O)O)[C@H](O)CCCCCCCCCCCC. The van der Waals surface area contributed by atoms with E-state index in [1.54, 1.807) is 0 Å². The molecule has 0 fully saturated rings. The molecule has 0 bridgehead atoms. The molecule has 0 heterocycles. The Bertz CT molecular complexity index is 778. The van der Waals surface area contributed by atoms with Crippen LogP contribution in [-0.4, -0.2) is 39.6 Å². The number of hydrogen-bond acceptors (Lipinski definition) is 4. The Labute approximate surface area is 323 Å². The first-order valence-electron chi connectivity index (χ1n) is 23.0. The molecule has 0 saturated heterocycles. The van der Waals surface area contributed by atoms with Gasteiger partial charge in [-0.1, -0.05) is 239 Å². The summed E-state index contributed by atoms with van der Waals surface area (Å²) in [6, 6.07) is -0.817. The highest BCUT2D eigenvalue weighted by Gasteiger charge is 2.25. The van der Waals surface area contributed by atoms with Gasteiger partial charge in [-0.2, -0.15) is 0 Å². The van der Waals surface area contributed by atoms with Gasteiger partial charge in [0.25, 0.3) is 0 Å². The van der Waals surface area contributed by atoms with E-state index in [9.17, 15) is 14.5 Å². The highest BCUT2D eigenvalue weighted by molar-refractivity contribution is 7.46. The molecule has 312 valence electrons. The van der Waals surface area contributed by atoms with Crippen LogP contribution >= 0.6 is 7.82 Å². The van der Waals surface area contributed by atoms with E-state index in [1.807, 2.05) is 0 Å². The zero-order valence-electron chi connectivity index (χ0n) is 34.7. The second-order valence-electron chi connectivity index (χ2n) is 16.1. The summed E-state index contributed by atoms with van der Waals surface area (Å²) in [5, 5.41) is 13.5. The summed E-state index contributed by atoms with van der Waals surface area (Å²) in [6.45, 7) is 4.13. The minimum atomic E-state index is -4.68. The molecule has 0 aromatic carbocycles. The van der Waals surface area contributed by atoms with Gasteiger partial charge >= 0.3 is 7.82 Å². The average Bonchev–Trinajstić information content (AvgIpc) is 3.11. The summed E-state index contributed by atoms with van der Waals surface area (Å²) in [4.78, 5) is 30.9. The Morgan fingerprint density at radius 2 is 0.750 bits per heavy atom. The van der Waals surface area contributed by atoms with E-state index in [2.05, 4.69) is 23.7 Å². The first kappa shape index (κ1) is 51.5. The van der Waals surface area contributed by atoms with Gasteiger partial charge < -0.3 is 20.2 Å². The normalized spacial score (nSPS) is 13.1. The summed E-state index contributed by atoms with van der Waals surface area (Å²) in [6.07, 6.45) is 46.9. The molecular weight excluding hydrogens is 669 g/mol. The summed E-state index contributed by atoms with van der Waals surface area (Å²) in [5.41, 5.74) is 0.